The molecule has 2 aromatic rings. The number of benzene rings is 2. The third-order valence-electron chi connectivity index (χ3n) is 5.20. The van der Waals surface area contributed by atoms with Gasteiger partial charge in [0.25, 0.3) is 10.0 Å². The number of fused-ring (bicyclic) bond motifs is 1. The molecule has 0 spiro atoms. The Hall–Kier alpha value is -1.77. The van der Waals surface area contributed by atoms with E-state index >= 15 is 0 Å². The van der Waals surface area contributed by atoms with Gasteiger partial charge in [0.2, 0.25) is 10.0 Å². The van der Waals surface area contributed by atoms with Crippen molar-refractivity contribution in [1.82, 2.24) is 0 Å². The first-order valence-corrected chi connectivity index (χ1v) is 12.7. The lowest BCUT2D eigenvalue weighted by atomic mass is 9.92. The molecule has 2 aromatic carbocycles. The highest BCUT2D eigenvalue weighted by Gasteiger charge is 2.30. The summed E-state index contributed by atoms with van der Waals surface area (Å²) in [6, 6.07) is 9.75. The van der Waals surface area contributed by atoms with Crippen molar-refractivity contribution >= 4 is 43.0 Å². The molecule has 0 bridgehead atoms. The number of hydrogen-bond donors (Lipinski definition) is 1. The van der Waals surface area contributed by atoms with Crippen LogP contribution in [-0.4, -0.2) is 29.1 Å². The average Bonchev–Trinajstić information content (AvgIpc) is 3.01. The van der Waals surface area contributed by atoms with Crippen LogP contribution in [0, 0.1) is 0 Å². The lowest BCUT2D eigenvalue weighted by Gasteiger charge is -2.20. The van der Waals surface area contributed by atoms with Crippen molar-refractivity contribution in [1.29, 1.82) is 0 Å². The number of rotatable bonds is 4. The number of hydrogen-bond acceptors (Lipinski definition) is 4. The van der Waals surface area contributed by atoms with E-state index in [1.165, 1.54) is 28.1 Å². The number of halogens is 1. The van der Waals surface area contributed by atoms with Crippen LogP contribution < -0.4 is 9.03 Å². The van der Waals surface area contributed by atoms with Gasteiger partial charge in [0.15, 0.2) is 0 Å². The van der Waals surface area contributed by atoms with Gasteiger partial charge in [0.1, 0.15) is 0 Å². The van der Waals surface area contributed by atoms with Crippen LogP contribution in [0.2, 0.25) is 5.02 Å². The van der Waals surface area contributed by atoms with E-state index in [-0.39, 0.29) is 21.4 Å². The smallest absolute Gasteiger partial charge is 0.261 e. The molecule has 0 radical (unpaired) electrons. The first-order chi connectivity index (χ1) is 13.3. The van der Waals surface area contributed by atoms with Crippen LogP contribution in [-0.2, 0) is 32.9 Å². The molecule has 1 aliphatic heterocycles. The SMILES string of the molecule is O=S(=O)(Nc1ccc(Cl)c(N2CCCS2(=O)=O)c1)c1ccc2c(c1)CCCC2. The van der Waals surface area contributed by atoms with Crippen LogP contribution in [0.4, 0.5) is 11.4 Å². The minimum atomic E-state index is -3.79. The molecule has 6 nitrogen and oxygen atoms in total. The fourth-order valence-electron chi connectivity index (χ4n) is 3.77. The Kier molecular flexibility index (Phi) is 5.05. The second-order valence-corrected chi connectivity index (χ2v) is 11.3. The molecule has 0 aromatic heterocycles. The largest absolute Gasteiger partial charge is 0.280 e. The van der Waals surface area contributed by atoms with Gasteiger partial charge in [-0.25, -0.2) is 16.8 Å². The first kappa shape index (κ1) is 19.5. The molecule has 28 heavy (non-hydrogen) atoms. The van der Waals surface area contributed by atoms with Gasteiger partial charge < -0.3 is 0 Å². The van der Waals surface area contributed by atoms with Crippen LogP contribution in [0.25, 0.3) is 0 Å². The summed E-state index contributed by atoms with van der Waals surface area (Å²) in [4.78, 5) is 0.207. The summed E-state index contributed by atoms with van der Waals surface area (Å²) in [5, 5.41) is 0.266. The zero-order chi connectivity index (χ0) is 19.9. The molecule has 150 valence electrons. The van der Waals surface area contributed by atoms with Gasteiger partial charge in [-0.1, -0.05) is 17.7 Å². The van der Waals surface area contributed by atoms with Crippen LogP contribution in [0.5, 0.6) is 0 Å². The maximum Gasteiger partial charge on any atom is 0.261 e. The zero-order valence-corrected chi connectivity index (χ0v) is 17.6. The predicted octanol–water partition coefficient (Wildman–Crippen LogP) is 3.56. The van der Waals surface area contributed by atoms with E-state index < -0.39 is 20.0 Å². The van der Waals surface area contributed by atoms with Gasteiger partial charge in [0.05, 0.1) is 27.0 Å². The van der Waals surface area contributed by atoms with E-state index in [1.807, 2.05) is 6.07 Å². The molecule has 1 N–H and O–H groups in total. The van der Waals surface area contributed by atoms with E-state index in [0.717, 1.165) is 31.2 Å². The maximum absolute atomic E-state index is 12.9. The lowest BCUT2D eigenvalue weighted by molar-refractivity contribution is 0.598. The normalized spacial score (nSPS) is 18.7. The molecule has 9 heteroatoms. The molecule has 0 unspecified atom stereocenters. The highest BCUT2D eigenvalue weighted by molar-refractivity contribution is 7.93. The van der Waals surface area contributed by atoms with Crippen molar-refractivity contribution in [2.24, 2.45) is 0 Å². The summed E-state index contributed by atoms with van der Waals surface area (Å²) in [5.41, 5.74) is 2.86. The van der Waals surface area contributed by atoms with E-state index in [9.17, 15) is 16.8 Å². The standard InChI is InChI=1S/C19H21ClN2O4S2/c20-18-9-7-16(13-19(18)22-10-3-11-27(22,23)24)21-28(25,26)17-8-6-14-4-1-2-5-15(14)12-17/h6-9,12-13,21H,1-5,10-11H2. The molecule has 1 saturated heterocycles. The summed E-state index contributed by atoms with van der Waals surface area (Å²) < 4.78 is 53.9. The van der Waals surface area contributed by atoms with E-state index in [0.29, 0.717) is 18.7 Å². The Labute approximate surface area is 170 Å². The Bertz CT molecular complexity index is 1130. The summed E-state index contributed by atoms with van der Waals surface area (Å²) in [6.45, 7) is 0.336. The van der Waals surface area contributed by atoms with Crippen molar-refractivity contribution in [3.05, 3.63) is 52.5 Å². The predicted molar refractivity (Wildman–Crippen MR) is 111 cm³/mol. The van der Waals surface area contributed by atoms with E-state index in [2.05, 4.69) is 4.72 Å². The number of sulfonamides is 2. The van der Waals surface area contributed by atoms with Crippen LogP contribution in [0.3, 0.4) is 0 Å². The third-order valence-corrected chi connectivity index (χ3v) is 8.75. The van der Waals surface area contributed by atoms with Crippen molar-refractivity contribution in [2.45, 2.75) is 37.0 Å². The zero-order valence-electron chi connectivity index (χ0n) is 15.2. The van der Waals surface area contributed by atoms with Crippen molar-refractivity contribution in [3.63, 3.8) is 0 Å². The summed E-state index contributed by atoms with van der Waals surface area (Å²) >= 11 is 6.19. The van der Waals surface area contributed by atoms with Gasteiger partial charge in [0, 0.05) is 6.54 Å². The highest BCUT2D eigenvalue weighted by atomic mass is 35.5. The average molecular weight is 441 g/mol. The monoisotopic (exact) mass is 440 g/mol. The highest BCUT2D eigenvalue weighted by Crippen LogP contribution is 2.34. The number of aryl methyl sites for hydroxylation is 2. The number of nitrogens with one attached hydrogen (secondary N) is 1. The van der Waals surface area contributed by atoms with Gasteiger partial charge in [-0.2, -0.15) is 0 Å². The van der Waals surface area contributed by atoms with Gasteiger partial charge >= 0.3 is 0 Å². The van der Waals surface area contributed by atoms with Crippen molar-refractivity contribution in [3.8, 4) is 0 Å². The van der Waals surface area contributed by atoms with Gasteiger partial charge in [-0.15, -0.1) is 0 Å². The molecule has 1 fully saturated rings. The molecule has 0 amide bonds. The molecular weight excluding hydrogens is 420 g/mol. The van der Waals surface area contributed by atoms with Crippen LogP contribution >= 0.6 is 11.6 Å². The fraction of sp³-hybridized carbons (Fsp3) is 0.368. The van der Waals surface area contributed by atoms with Crippen LogP contribution in [0.1, 0.15) is 30.4 Å². The first-order valence-electron chi connectivity index (χ1n) is 9.21. The number of nitrogens with zero attached hydrogens (tertiary/aromatic N) is 1. The fourth-order valence-corrected chi connectivity index (χ4v) is 6.71. The summed E-state index contributed by atoms with van der Waals surface area (Å²) in [5.74, 6) is 0.0639. The second kappa shape index (κ2) is 7.24. The summed E-state index contributed by atoms with van der Waals surface area (Å²) in [6.07, 6.45) is 4.58. The quantitative estimate of drug-likeness (QED) is 0.787. The van der Waals surface area contributed by atoms with E-state index in [4.69, 9.17) is 11.6 Å². The van der Waals surface area contributed by atoms with Crippen LogP contribution in [0.15, 0.2) is 41.3 Å². The Morgan fingerprint density at radius 2 is 1.71 bits per heavy atom. The molecular formula is C19H21ClN2O4S2. The molecule has 1 heterocycles. The lowest BCUT2D eigenvalue weighted by Crippen LogP contribution is -2.25. The number of anilines is 2. The Morgan fingerprint density at radius 1 is 0.964 bits per heavy atom. The van der Waals surface area contributed by atoms with Crippen molar-refractivity contribution in [2.75, 3.05) is 21.3 Å². The third kappa shape index (κ3) is 3.73. The molecule has 0 saturated carbocycles. The Balaban J connectivity index is 1.64. The topological polar surface area (TPSA) is 83.6 Å². The minimum Gasteiger partial charge on any atom is -0.280 e. The molecule has 4 rings (SSSR count). The summed E-state index contributed by atoms with van der Waals surface area (Å²) in [7, 11) is -7.20. The van der Waals surface area contributed by atoms with E-state index in [1.54, 1.807) is 12.1 Å². The molecule has 1 aliphatic carbocycles. The minimum absolute atomic E-state index is 0.0639. The molecule has 2 aliphatic rings. The maximum atomic E-state index is 12.9. The van der Waals surface area contributed by atoms with Crippen molar-refractivity contribution < 1.29 is 16.8 Å². The Morgan fingerprint density at radius 3 is 2.43 bits per heavy atom. The second-order valence-electron chi connectivity index (χ2n) is 7.15. The van der Waals surface area contributed by atoms with Gasteiger partial charge in [-0.3, -0.25) is 9.03 Å². The van der Waals surface area contributed by atoms with Gasteiger partial charge in [-0.05, 0) is 73.6 Å². The molecule has 0 atom stereocenters.